The van der Waals surface area contributed by atoms with Crippen LogP contribution in [0.3, 0.4) is 0 Å². The number of benzene rings is 1. The van der Waals surface area contributed by atoms with E-state index in [4.69, 9.17) is 22.7 Å². The minimum atomic E-state index is 0.115. The summed E-state index contributed by atoms with van der Waals surface area (Å²) in [5.74, 6) is 0.820. The number of hydrogen-bond acceptors (Lipinski definition) is 3. The molecule has 3 N–H and O–H groups in total. The Hall–Kier alpha value is -1.26. The molecule has 1 aromatic carbocycles. The predicted molar refractivity (Wildman–Crippen MR) is 88.4 cm³/mol. The number of halogens is 1. The molecule has 2 heterocycles. The number of anilines is 1. The van der Waals surface area contributed by atoms with Gasteiger partial charge in [-0.2, -0.15) is 0 Å². The minimum absolute atomic E-state index is 0.115. The number of likely N-dealkylation sites (tertiary alicyclic amines) is 1. The number of piperidine rings is 2. The van der Waals surface area contributed by atoms with Crippen molar-refractivity contribution in [2.45, 2.75) is 25.3 Å². The molecule has 0 saturated carbocycles. The highest BCUT2D eigenvalue weighted by Gasteiger charge is 2.34. The molecule has 21 heavy (non-hydrogen) atoms. The van der Waals surface area contributed by atoms with Crippen LogP contribution in [0.1, 0.15) is 24.8 Å². The van der Waals surface area contributed by atoms with Crippen molar-refractivity contribution in [2.24, 2.45) is 11.7 Å². The number of fused-ring (bicyclic) bond motifs is 1. The van der Waals surface area contributed by atoms with Crippen LogP contribution in [0.2, 0.25) is 5.02 Å². The van der Waals surface area contributed by atoms with Crippen molar-refractivity contribution in [2.75, 3.05) is 31.6 Å². The third-order valence-electron chi connectivity index (χ3n) is 4.94. The molecule has 4 nitrogen and oxygen atoms in total. The largest absolute Gasteiger partial charge is 0.384 e. The van der Waals surface area contributed by atoms with Crippen molar-refractivity contribution in [1.29, 1.82) is 5.41 Å². The van der Waals surface area contributed by atoms with E-state index in [1.54, 1.807) is 0 Å². The van der Waals surface area contributed by atoms with Crippen molar-refractivity contribution in [3.8, 4) is 0 Å². The first kappa shape index (κ1) is 14.7. The van der Waals surface area contributed by atoms with Crippen LogP contribution in [0.15, 0.2) is 18.2 Å². The highest BCUT2D eigenvalue weighted by molar-refractivity contribution is 6.31. The molecule has 0 bridgehead atoms. The zero-order chi connectivity index (χ0) is 15.0. The number of nitrogens with zero attached hydrogens (tertiary/aromatic N) is 2. The van der Waals surface area contributed by atoms with E-state index in [-0.39, 0.29) is 5.84 Å². The molecular weight excluding hydrogens is 284 g/mol. The Morgan fingerprint density at radius 1 is 1.33 bits per heavy atom. The molecule has 0 aliphatic carbocycles. The average molecular weight is 307 g/mol. The maximum atomic E-state index is 7.78. The molecule has 2 aliphatic rings. The summed E-state index contributed by atoms with van der Waals surface area (Å²) in [6.07, 6.45) is 3.74. The molecule has 2 unspecified atom stereocenters. The summed E-state index contributed by atoms with van der Waals surface area (Å²) in [4.78, 5) is 4.87. The van der Waals surface area contributed by atoms with Gasteiger partial charge in [0, 0.05) is 35.4 Å². The summed E-state index contributed by atoms with van der Waals surface area (Å²) in [5, 5.41) is 8.49. The maximum Gasteiger partial charge on any atom is 0.124 e. The molecule has 1 aromatic rings. The lowest BCUT2D eigenvalue weighted by Crippen LogP contribution is -2.53. The highest BCUT2D eigenvalue weighted by atomic mass is 35.5. The SMILES string of the molecule is CN1CCCC2CN(c3cc(Cl)ccc3C(=N)N)CCC21. The second-order valence-electron chi connectivity index (χ2n) is 6.26. The Balaban J connectivity index is 1.85. The van der Waals surface area contributed by atoms with Crippen LogP contribution in [0.4, 0.5) is 5.69 Å². The number of rotatable bonds is 2. The Kier molecular flexibility index (Phi) is 4.09. The summed E-state index contributed by atoms with van der Waals surface area (Å²) < 4.78 is 0. The molecule has 0 radical (unpaired) electrons. The molecule has 2 saturated heterocycles. The summed E-state index contributed by atoms with van der Waals surface area (Å²) in [6.45, 7) is 3.26. The lowest BCUT2D eigenvalue weighted by atomic mass is 9.84. The summed E-state index contributed by atoms with van der Waals surface area (Å²) in [6, 6.07) is 6.32. The zero-order valence-corrected chi connectivity index (χ0v) is 13.2. The van der Waals surface area contributed by atoms with Gasteiger partial charge >= 0.3 is 0 Å². The van der Waals surface area contributed by atoms with E-state index in [0.29, 0.717) is 17.0 Å². The van der Waals surface area contributed by atoms with Gasteiger partial charge in [0.25, 0.3) is 0 Å². The number of hydrogen-bond donors (Lipinski definition) is 2. The van der Waals surface area contributed by atoms with E-state index in [9.17, 15) is 0 Å². The van der Waals surface area contributed by atoms with Crippen LogP contribution in [0, 0.1) is 11.3 Å². The van der Waals surface area contributed by atoms with Crippen LogP contribution in [-0.4, -0.2) is 43.5 Å². The van der Waals surface area contributed by atoms with E-state index in [0.717, 1.165) is 24.3 Å². The standard InChI is InChI=1S/C16H23ClN4/c1-20-7-2-3-11-10-21(8-6-14(11)20)15-9-12(17)4-5-13(15)16(18)19/h4-5,9,11,14H,2-3,6-8,10H2,1H3,(H3,18,19). The van der Waals surface area contributed by atoms with Gasteiger partial charge in [0.1, 0.15) is 5.84 Å². The second-order valence-corrected chi connectivity index (χ2v) is 6.70. The zero-order valence-electron chi connectivity index (χ0n) is 12.5. The fraction of sp³-hybridized carbons (Fsp3) is 0.562. The quantitative estimate of drug-likeness (QED) is 0.652. The number of nitrogen functional groups attached to an aromatic ring is 1. The van der Waals surface area contributed by atoms with Gasteiger partial charge in [-0.05, 0) is 57.0 Å². The average Bonchev–Trinajstić information content (AvgIpc) is 2.46. The Morgan fingerprint density at radius 2 is 2.14 bits per heavy atom. The molecule has 0 aromatic heterocycles. The van der Waals surface area contributed by atoms with E-state index in [2.05, 4.69) is 16.8 Å². The van der Waals surface area contributed by atoms with Gasteiger partial charge in [-0.1, -0.05) is 11.6 Å². The van der Waals surface area contributed by atoms with Crippen molar-refractivity contribution >= 4 is 23.1 Å². The molecule has 2 aliphatic heterocycles. The van der Waals surface area contributed by atoms with Crippen LogP contribution < -0.4 is 10.6 Å². The third kappa shape index (κ3) is 2.87. The lowest BCUT2D eigenvalue weighted by molar-refractivity contribution is 0.102. The smallest absolute Gasteiger partial charge is 0.124 e. The van der Waals surface area contributed by atoms with Crippen LogP contribution in [0.25, 0.3) is 0 Å². The lowest BCUT2D eigenvalue weighted by Gasteiger charge is -2.47. The highest BCUT2D eigenvalue weighted by Crippen LogP contribution is 2.34. The number of amidine groups is 1. The van der Waals surface area contributed by atoms with Gasteiger partial charge in [-0.25, -0.2) is 0 Å². The predicted octanol–water partition coefficient (Wildman–Crippen LogP) is 2.54. The summed E-state index contributed by atoms with van der Waals surface area (Å²) in [7, 11) is 2.24. The number of nitrogens with two attached hydrogens (primary N) is 1. The van der Waals surface area contributed by atoms with Gasteiger partial charge in [0.15, 0.2) is 0 Å². The minimum Gasteiger partial charge on any atom is -0.384 e. The summed E-state index contributed by atoms with van der Waals surface area (Å²) in [5.41, 5.74) is 7.54. The fourth-order valence-electron chi connectivity index (χ4n) is 3.87. The maximum absolute atomic E-state index is 7.78. The van der Waals surface area contributed by atoms with Crippen LogP contribution in [-0.2, 0) is 0 Å². The Morgan fingerprint density at radius 3 is 2.90 bits per heavy atom. The third-order valence-corrected chi connectivity index (χ3v) is 5.17. The van der Waals surface area contributed by atoms with Crippen LogP contribution >= 0.6 is 11.6 Å². The summed E-state index contributed by atoms with van der Waals surface area (Å²) >= 11 is 6.16. The Bertz CT molecular complexity index is 545. The van der Waals surface area contributed by atoms with Gasteiger partial charge in [-0.15, -0.1) is 0 Å². The van der Waals surface area contributed by atoms with Gasteiger partial charge in [0.05, 0.1) is 0 Å². The monoisotopic (exact) mass is 306 g/mol. The fourth-order valence-corrected chi connectivity index (χ4v) is 4.03. The van der Waals surface area contributed by atoms with E-state index in [1.165, 1.54) is 25.8 Å². The van der Waals surface area contributed by atoms with Gasteiger partial charge in [0.2, 0.25) is 0 Å². The molecule has 5 heteroatoms. The van der Waals surface area contributed by atoms with E-state index in [1.807, 2.05) is 18.2 Å². The molecular formula is C16H23ClN4. The molecule has 0 spiro atoms. The van der Waals surface area contributed by atoms with Crippen LogP contribution in [0.5, 0.6) is 0 Å². The Labute approximate surface area is 131 Å². The van der Waals surface area contributed by atoms with Crippen molar-refractivity contribution < 1.29 is 0 Å². The van der Waals surface area contributed by atoms with E-state index < -0.39 is 0 Å². The first-order valence-electron chi connectivity index (χ1n) is 7.65. The molecule has 3 rings (SSSR count). The van der Waals surface area contributed by atoms with Crippen molar-refractivity contribution in [3.63, 3.8) is 0 Å². The molecule has 2 fully saturated rings. The topological polar surface area (TPSA) is 56.4 Å². The van der Waals surface area contributed by atoms with Gasteiger partial charge in [-0.3, -0.25) is 5.41 Å². The second kappa shape index (κ2) is 5.85. The number of nitrogens with one attached hydrogen (secondary N) is 1. The molecule has 0 amide bonds. The first-order chi connectivity index (χ1) is 10.1. The van der Waals surface area contributed by atoms with Crippen molar-refractivity contribution in [1.82, 2.24) is 4.90 Å². The first-order valence-corrected chi connectivity index (χ1v) is 8.03. The van der Waals surface area contributed by atoms with Crippen molar-refractivity contribution in [3.05, 3.63) is 28.8 Å². The molecule has 114 valence electrons. The van der Waals surface area contributed by atoms with E-state index >= 15 is 0 Å². The van der Waals surface area contributed by atoms with Gasteiger partial charge < -0.3 is 15.5 Å². The normalized spacial score (nSPS) is 26.5. The molecule has 2 atom stereocenters.